The maximum atomic E-state index is 5.25. The predicted molar refractivity (Wildman–Crippen MR) is 78.1 cm³/mol. The van der Waals surface area contributed by atoms with Crippen molar-refractivity contribution in [1.29, 1.82) is 0 Å². The quantitative estimate of drug-likeness (QED) is 0.785. The molecule has 0 amide bonds. The van der Waals surface area contributed by atoms with Crippen molar-refractivity contribution in [1.82, 2.24) is 10.6 Å². The molecule has 2 nitrogen and oxygen atoms in total. The van der Waals surface area contributed by atoms with Gasteiger partial charge in [0.1, 0.15) is 0 Å². The number of thiocarbonyl (C=S) groups is 1. The Morgan fingerprint density at radius 3 is 2.53 bits per heavy atom. The van der Waals surface area contributed by atoms with Gasteiger partial charge < -0.3 is 10.6 Å². The van der Waals surface area contributed by atoms with Gasteiger partial charge in [-0.3, -0.25) is 0 Å². The minimum absolute atomic E-state index is 0.443. The minimum atomic E-state index is 0.443. The molecule has 94 valence electrons. The van der Waals surface area contributed by atoms with Crippen LogP contribution in [-0.4, -0.2) is 11.2 Å². The molecular weight excluding hydrogens is 228 g/mol. The van der Waals surface area contributed by atoms with E-state index in [1.54, 1.807) is 0 Å². The topological polar surface area (TPSA) is 24.1 Å². The number of aryl methyl sites for hydroxylation is 1. The SMILES string of the molecule is CCCC(C)NC(=S)NCc1ccc(C)cc1. The van der Waals surface area contributed by atoms with Crippen LogP contribution in [0.4, 0.5) is 0 Å². The molecule has 17 heavy (non-hydrogen) atoms. The van der Waals surface area contributed by atoms with Gasteiger partial charge in [0.25, 0.3) is 0 Å². The summed E-state index contributed by atoms with van der Waals surface area (Å²) in [7, 11) is 0. The Bertz CT molecular complexity index is 346. The number of hydrogen-bond donors (Lipinski definition) is 2. The van der Waals surface area contributed by atoms with Crippen LogP contribution in [0.3, 0.4) is 0 Å². The van der Waals surface area contributed by atoms with Gasteiger partial charge in [0, 0.05) is 12.6 Å². The van der Waals surface area contributed by atoms with Crippen LogP contribution in [0.5, 0.6) is 0 Å². The van der Waals surface area contributed by atoms with Crippen LogP contribution in [0, 0.1) is 6.92 Å². The Morgan fingerprint density at radius 1 is 1.29 bits per heavy atom. The highest BCUT2D eigenvalue weighted by Gasteiger charge is 2.02. The van der Waals surface area contributed by atoms with Crippen LogP contribution >= 0.6 is 12.2 Å². The zero-order valence-corrected chi connectivity index (χ0v) is 11.7. The summed E-state index contributed by atoms with van der Waals surface area (Å²) in [6.07, 6.45) is 2.32. The van der Waals surface area contributed by atoms with Gasteiger partial charge >= 0.3 is 0 Å². The largest absolute Gasteiger partial charge is 0.360 e. The van der Waals surface area contributed by atoms with Gasteiger partial charge in [-0.05, 0) is 38.0 Å². The summed E-state index contributed by atoms with van der Waals surface area (Å²) in [5.41, 5.74) is 2.54. The highest BCUT2D eigenvalue weighted by atomic mass is 32.1. The molecule has 1 aromatic carbocycles. The molecule has 0 aliphatic carbocycles. The molecule has 2 N–H and O–H groups in total. The number of hydrogen-bond acceptors (Lipinski definition) is 1. The maximum absolute atomic E-state index is 5.25. The van der Waals surface area contributed by atoms with Gasteiger partial charge in [-0.2, -0.15) is 0 Å². The first kappa shape index (κ1) is 14.0. The van der Waals surface area contributed by atoms with Crippen LogP contribution in [-0.2, 0) is 6.54 Å². The van der Waals surface area contributed by atoms with Gasteiger partial charge in [-0.15, -0.1) is 0 Å². The summed E-state index contributed by atoms with van der Waals surface area (Å²) in [6.45, 7) is 7.21. The average Bonchev–Trinajstić information content (AvgIpc) is 2.28. The van der Waals surface area contributed by atoms with Crippen molar-refractivity contribution in [3.8, 4) is 0 Å². The molecule has 0 aromatic heterocycles. The second kappa shape index (κ2) is 7.28. The van der Waals surface area contributed by atoms with Gasteiger partial charge in [0.2, 0.25) is 0 Å². The average molecular weight is 250 g/mol. The van der Waals surface area contributed by atoms with Crippen LogP contribution in [0.2, 0.25) is 0 Å². The minimum Gasteiger partial charge on any atom is -0.360 e. The summed E-state index contributed by atoms with van der Waals surface area (Å²) in [5, 5.41) is 7.25. The molecule has 0 fully saturated rings. The fourth-order valence-corrected chi connectivity index (χ4v) is 1.94. The lowest BCUT2D eigenvalue weighted by Gasteiger charge is -2.16. The molecule has 1 atom stereocenters. The van der Waals surface area contributed by atoms with E-state index in [-0.39, 0.29) is 0 Å². The van der Waals surface area contributed by atoms with E-state index in [2.05, 4.69) is 55.7 Å². The van der Waals surface area contributed by atoms with Crippen LogP contribution in [0.15, 0.2) is 24.3 Å². The Morgan fingerprint density at radius 2 is 1.94 bits per heavy atom. The van der Waals surface area contributed by atoms with Crippen LogP contribution in [0.1, 0.15) is 37.8 Å². The maximum Gasteiger partial charge on any atom is 0.166 e. The zero-order valence-electron chi connectivity index (χ0n) is 10.9. The Balaban J connectivity index is 2.30. The van der Waals surface area contributed by atoms with Crippen molar-refractivity contribution in [3.05, 3.63) is 35.4 Å². The van der Waals surface area contributed by atoms with Gasteiger partial charge in [0.05, 0.1) is 0 Å². The van der Waals surface area contributed by atoms with Crippen molar-refractivity contribution in [3.63, 3.8) is 0 Å². The number of nitrogens with one attached hydrogen (secondary N) is 2. The highest BCUT2D eigenvalue weighted by molar-refractivity contribution is 7.80. The van der Waals surface area contributed by atoms with E-state index in [0.717, 1.165) is 18.1 Å². The second-order valence-corrected chi connectivity index (χ2v) is 4.91. The summed E-state index contributed by atoms with van der Waals surface area (Å²) in [6, 6.07) is 8.93. The van der Waals surface area contributed by atoms with E-state index in [4.69, 9.17) is 12.2 Å². The molecule has 1 aromatic rings. The lowest BCUT2D eigenvalue weighted by atomic mass is 10.1. The molecule has 0 radical (unpaired) electrons. The smallest absolute Gasteiger partial charge is 0.166 e. The molecule has 3 heteroatoms. The van der Waals surface area contributed by atoms with Gasteiger partial charge in [-0.25, -0.2) is 0 Å². The second-order valence-electron chi connectivity index (χ2n) is 4.50. The first-order chi connectivity index (χ1) is 8.11. The van der Waals surface area contributed by atoms with E-state index in [0.29, 0.717) is 6.04 Å². The lowest BCUT2D eigenvalue weighted by molar-refractivity contribution is 0.590. The summed E-state index contributed by atoms with van der Waals surface area (Å²) in [5.74, 6) is 0. The van der Waals surface area contributed by atoms with E-state index in [9.17, 15) is 0 Å². The van der Waals surface area contributed by atoms with E-state index >= 15 is 0 Å². The summed E-state index contributed by atoms with van der Waals surface area (Å²) >= 11 is 5.25. The molecule has 0 aliphatic heterocycles. The Labute approximate surface area is 110 Å². The molecule has 0 bridgehead atoms. The van der Waals surface area contributed by atoms with Crippen molar-refractivity contribution in [2.45, 2.75) is 46.2 Å². The van der Waals surface area contributed by atoms with Crippen LogP contribution in [0.25, 0.3) is 0 Å². The third-order valence-corrected chi connectivity index (χ3v) is 2.94. The van der Waals surface area contributed by atoms with E-state index < -0.39 is 0 Å². The molecule has 0 saturated heterocycles. The van der Waals surface area contributed by atoms with Gasteiger partial charge in [-0.1, -0.05) is 43.2 Å². The first-order valence-corrected chi connectivity index (χ1v) is 6.62. The van der Waals surface area contributed by atoms with Crippen LogP contribution < -0.4 is 10.6 Å². The standard InChI is InChI=1S/C14H22N2S/c1-4-5-12(3)16-14(17)15-10-13-8-6-11(2)7-9-13/h6-9,12H,4-5,10H2,1-3H3,(H2,15,16,17). The molecule has 1 rings (SSSR count). The normalized spacial score (nSPS) is 11.9. The van der Waals surface area contributed by atoms with E-state index in [1.165, 1.54) is 17.5 Å². The summed E-state index contributed by atoms with van der Waals surface area (Å²) in [4.78, 5) is 0. The molecule has 0 aliphatic rings. The van der Waals surface area contributed by atoms with E-state index in [1.807, 2.05) is 0 Å². The zero-order chi connectivity index (χ0) is 12.7. The number of rotatable bonds is 5. The third kappa shape index (κ3) is 5.68. The predicted octanol–water partition coefficient (Wildman–Crippen LogP) is 3.15. The highest BCUT2D eigenvalue weighted by Crippen LogP contribution is 2.02. The fraction of sp³-hybridized carbons (Fsp3) is 0.500. The monoisotopic (exact) mass is 250 g/mol. The first-order valence-electron chi connectivity index (χ1n) is 6.21. The molecular formula is C14H22N2S. The molecule has 1 unspecified atom stereocenters. The third-order valence-electron chi connectivity index (χ3n) is 2.67. The fourth-order valence-electron chi connectivity index (χ4n) is 1.67. The van der Waals surface area contributed by atoms with Crippen molar-refractivity contribution >= 4 is 17.3 Å². The molecule has 0 heterocycles. The van der Waals surface area contributed by atoms with Crippen molar-refractivity contribution < 1.29 is 0 Å². The number of benzene rings is 1. The van der Waals surface area contributed by atoms with Crippen molar-refractivity contribution in [2.24, 2.45) is 0 Å². The Hall–Kier alpha value is -1.09. The lowest BCUT2D eigenvalue weighted by Crippen LogP contribution is -2.40. The summed E-state index contributed by atoms with van der Waals surface area (Å²) < 4.78 is 0. The van der Waals surface area contributed by atoms with Gasteiger partial charge in [0.15, 0.2) is 5.11 Å². The molecule has 0 saturated carbocycles. The Kier molecular flexibility index (Phi) is 5.98. The molecule has 0 spiro atoms. The van der Waals surface area contributed by atoms with Crippen molar-refractivity contribution in [2.75, 3.05) is 0 Å².